The lowest BCUT2D eigenvalue weighted by molar-refractivity contribution is -0.145. The number of rotatable bonds is 14. The van der Waals surface area contributed by atoms with Gasteiger partial charge in [-0.1, -0.05) is 63.6 Å². The third kappa shape index (κ3) is 12.0. The molecule has 9 nitrogen and oxygen atoms in total. The first kappa shape index (κ1) is 43.6. The fraction of sp³-hybridized carbons (Fsp3) is 0.356. The van der Waals surface area contributed by atoms with Gasteiger partial charge in [0.15, 0.2) is 0 Å². The van der Waals surface area contributed by atoms with Crippen molar-refractivity contribution in [2.45, 2.75) is 83.6 Å². The number of para-hydroxylation sites is 2. The Morgan fingerprint density at radius 2 is 1.47 bits per heavy atom. The van der Waals surface area contributed by atoms with Gasteiger partial charge in [-0.05, 0) is 85.7 Å². The standard InChI is InChI=1S/C28H23F2NO4.C17H26F2N2O2/c1-16-10-26(35-28(16)33)23(13-17-11-19(29)15-20(30)12-17)31-27(32)22-14-18-6-2-4-8-24(18)34-25-9-5-3-7-21(22)25;1-3-4-5-21-17(23)11(2)6-16(22)15(20)9-12-7-13(18)10-14(19)8-12/h2-9,11-12,14-16,23,26H,10,13H2,1H3,(H,31,32);7-8,10-11,15-16,22H,3-6,9,20H2,1-2H3,(H,21,23). The van der Waals surface area contributed by atoms with Crippen LogP contribution in [0.1, 0.15) is 68.7 Å². The highest BCUT2D eigenvalue weighted by Crippen LogP contribution is 2.38. The number of ether oxygens (including phenoxy) is 2. The van der Waals surface area contributed by atoms with Crippen molar-refractivity contribution in [3.8, 4) is 11.5 Å². The van der Waals surface area contributed by atoms with Crippen molar-refractivity contribution >= 4 is 29.4 Å². The third-order valence-corrected chi connectivity index (χ3v) is 10.0. The lowest BCUT2D eigenvalue weighted by Gasteiger charge is -2.25. The van der Waals surface area contributed by atoms with E-state index in [0.29, 0.717) is 46.7 Å². The number of nitrogens with two attached hydrogens (primary N) is 1. The number of esters is 1. The van der Waals surface area contributed by atoms with Crippen molar-refractivity contribution in [3.63, 3.8) is 0 Å². The van der Waals surface area contributed by atoms with Crippen molar-refractivity contribution in [1.82, 2.24) is 10.6 Å². The molecule has 2 aliphatic rings. The molecule has 0 radical (unpaired) electrons. The number of amides is 2. The van der Waals surface area contributed by atoms with Gasteiger partial charge in [-0.15, -0.1) is 0 Å². The number of unbranched alkanes of at least 4 members (excludes halogenated alkanes) is 1. The zero-order valence-corrected chi connectivity index (χ0v) is 32.7. The third-order valence-electron chi connectivity index (χ3n) is 10.0. The maximum atomic E-state index is 13.8. The van der Waals surface area contributed by atoms with Crippen LogP contribution in [0.15, 0.2) is 84.9 Å². The molecule has 308 valence electrons. The molecule has 6 atom stereocenters. The van der Waals surface area contributed by atoms with Crippen molar-refractivity contribution in [2.24, 2.45) is 17.6 Å². The van der Waals surface area contributed by atoms with Crippen molar-refractivity contribution in [1.29, 1.82) is 0 Å². The average molecular weight is 804 g/mol. The Morgan fingerprint density at radius 3 is 2.07 bits per heavy atom. The van der Waals surface area contributed by atoms with E-state index < -0.39 is 53.5 Å². The number of hydrogen-bond acceptors (Lipinski definition) is 7. The van der Waals surface area contributed by atoms with Crippen LogP contribution < -0.4 is 21.1 Å². The number of nitrogens with one attached hydrogen (secondary N) is 2. The zero-order valence-electron chi connectivity index (χ0n) is 32.7. The second-order valence-corrected chi connectivity index (χ2v) is 14.9. The molecule has 13 heteroatoms. The minimum atomic E-state index is -0.923. The molecule has 0 spiro atoms. The summed E-state index contributed by atoms with van der Waals surface area (Å²) in [5.41, 5.74) is 8.34. The fourth-order valence-corrected chi connectivity index (χ4v) is 6.86. The molecule has 2 amide bonds. The van der Waals surface area contributed by atoms with E-state index in [0.717, 1.165) is 30.5 Å². The number of aliphatic hydroxyl groups excluding tert-OH is 1. The van der Waals surface area contributed by atoms with Gasteiger partial charge in [0.2, 0.25) is 5.91 Å². The van der Waals surface area contributed by atoms with Crippen LogP contribution in [-0.2, 0) is 32.0 Å². The molecule has 0 aliphatic carbocycles. The van der Waals surface area contributed by atoms with Crippen LogP contribution in [0.25, 0.3) is 11.6 Å². The molecule has 1 saturated heterocycles. The molecule has 0 bridgehead atoms. The normalized spacial score (nSPS) is 17.7. The quantitative estimate of drug-likeness (QED) is 0.0591. The van der Waals surface area contributed by atoms with Gasteiger partial charge in [0.1, 0.15) is 40.9 Å². The fourth-order valence-electron chi connectivity index (χ4n) is 6.86. The van der Waals surface area contributed by atoms with E-state index in [4.69, 9.17) is 15.2 Å². The molecular formula is C45H49F4N3O6. The second-order valence-electron chi connectivity index (χ2n) is 14.9. The van der Waals surface area contributed by atoms with Gasteiger partial charge >= 0.3 is 5.97 Å². The molecule has 58 heavy (non-hydrogen) atoms. The predicted molar refractivity (Wildman–Crippen MR) is 212 cm³/mol. The molecule has 6 rings (SSSR count). The van der Waals surface area contributed by atoms with Gasteiger partial charge in [-0.3, -0.25) is 14.4 Å². The van der Waals surface area contributed by atoms with Gasteiger partial charge in [-0.2, -0.15) is 0 Å². The number of benzene rings is 4. The number of carbonyl (C=O) groups is 3. The van der Waals surface area contributed by atoms with Gasteiger partial charge < -0.3 is 30.9 Å². The van der Waals surface area contributed by atoms with Crippen molar-refractivity contribution in [2.75, 3.05) is 6.54 Å². The Hall–Kier alpha value is -5.53. The van der Waals surface area contributed by atoms with Crippen LogP contribution >= 0.6 is 0 Å². The van der Waals surface area contributed by atoms with Gasteiger partial charge in [0.05, 0.1) is 23.6 Å². The molecule has 1 fully saturated rings. The first-order valence-corrected chi connectivity index (χ1v) is 19.4. The Balaban J connectivity index is 0.000000243. The molecule has 4 aromatic rings. The average Bonchev–Trinajstić information content (AvgIpc) is 3.40. The Labute approximate surface area is 335 Å². The number of carbonyl (C=O) groups excluding carboxylic acids is 3. The van der Waals surface area contributed by atoms with E-state index in [1.54, 1.807) is 32.1 Å². The molecule has 5 N–H and O–H groups in total. The van der Waals surface area contributed by atoms with E-state index in [9.17, 15) is 37.1 Å². The summed E-state index contributed by atoms with van der Waals surface area (Å²) < 4.78 is 65.6. The number of cyclic esters (lactones) is 1. The number of halogens is 4. The van der Waals surface area contributed by atoms with Crippen molar-refractivity contribution < 1.29 is 46.5 Å². The number of hydrogen-bond donors (Lipinski definition) is 4. The molecule has 0 aromatic heterocycles. The summed E-state index contributed by atoms with van der Waals surface area (Å²) in [5.74, 6) is -3.23. The SMILES string of the molecule is CC1CC(C(Cc2cc(F)cc(F)c2)NC(=O)C2=Cc3ccccc3Oc3ccccc32)OC1=O.CCCCNC(=O)C(C)CC(O)C(N)Cc1cc(F)cc(F)c1. The largest absolute Gasteiger partial charge is 0.460 e. The number of fused-ring (bicyclic) bond motifs is 2. The summed E-state index contributed by atoms with van der Waals surface area (Å²) in [6.45, 7) is 6.12. The van der Waals surface area contributed by atoms with E-state index in [2.05, 4.69) is 10.6 Å². The van der Waals surface area contributed by atoms with Crippen molar-refractivity contribution in [3.05, 3.63) is 130 Å². The van der Waals surface area contributed by atoms with Crippen LogP contribution in [0, 0.1) is 35.1 Å². The van der Waals surface area contributed by atoms with Crippen LogP contribution in [-0.4, -0.2) is 53.7 Å². The molecule has 2 heterocycles. The first-order valence-electron chi connectivity index (χ1n) is 19.4. The van der Waals surface area contributed by atoms with Crippen LogP contribution in [0.2, 0.25) is 0 Å². The molecule has 2 aliphatic heterocycles. The lowest BCUT2D eigenvalue weighted by Crippen LogP contribution is -2.45. The highest BCUT2D eigenvalue weighted by atomic mass is 19.1. The molecule has 6 unspecified atom stereocenters. The highest BCUT2D eigenvalue weighted by Gasteiger charge is 2.38. The van der Waals surface area contributed by atoms with E-state index in [1.807, 2.05) is 43.3 Å². The zero-order chi connectivity index (χ0) is 41.9. The van der Waals surface area contributed by atoms with E-state index >= 15 is 0 Å². The molecular weight excluding hydrogens is 755 g/mol. The topological polar surface area (TPSA) is 140 Å². The van der Waals surface area contributed by atoms with E-state index in [-0.39, 0.29) is 43.0 Å². The molecule has 4 aromatic carbocycles. The summed E-state index contributed by atoms with van der Waals surface area (Å²) in [6.07, 6.45) is 2.93. The Morgan fingerprint density at radius 1 is 0.879 bits per heavy atom. The summed E-state index contributed by atoms with van der Waals surface area (Å²) in [6, 6.07) is 19.6. The maximum Gasteiger partial charge on any atom is 0.309 e. The predicted octanol–water partition coefficient (Wildman–Crippen LogP) is 7.43. The minimum Gasteiger partial charge on any atom is -0.460 e. The first-order chi connectivity index (χ1) is 27.7. The summed E-state index contributed by atoms with van der Waals surface area (Å²) in [7, 11) is 0. The number of aliphatic hydroxyl groups is 1. The van der Waals surface area contributed by atoms with Crippen LogP contribution in [0.4, 0.5) is 17.6 Å². The smallest absolute Gasteiger partial charge is 0.309 e. The summed E-state index contributed by atoms with van der Waals surface area (Å²) >= 11 is 0. The second kappa shape index (κ2) is 20.2. The van der Waals surface area contributed by atoms with Gasteiger partial charge in [-0.25, -0.2) is 17.6 Å². The highest BCUT2D eigenvalue weighted by molar-refractivity contribution is 6.25. The Kier molecular flexibility index (Phi) is 15.2. The lowest BCUT2D eigenvalue weighted by atomic mass is 9.94. The Bertz CT molecular complexity index is 2070. The monoisotopic (exact) mass is 803 g/mol. The van der Waals surface area contributed by atoms with Gasteiger partial charge in [0, 0.05) is 41.8 Å². The van der Waals surface area contributed by atoms with Crippen LogP contribution in [0.5, 0.6) is 11.5 Å². The van der Waals surface area contributed by atoms with E-state index in [1.165, 1.54) is 24.3 Å². The summed E-state index contributed by atoms with van der Waals surface area (Å²) in [4.78, 5) is 37.6. The van der Waals surface area contributed by atoms with Gasteiger partial charge in [0.25, 0.3) is 5.91 Å². The summed E-state index contributed by atoms with van der Waals surface area (Å²) in [5, 5.41) is 15.9. The molecule has 0 saturated carbocycles. The minimum absolute atomic E-state index is 0.0904. The maximum absolute atomic E-state index is 13.8. The van der Waals surface area contributed by atoms with Crippen LogP contribution in [0.3, 0.4) is 0 Å².